The largest absolute Gasteiger partial charge is 0.325 e. The third-order valence-corrected chi connectivity index (χ3v) is 4.40. The number of hydrogen-bond acceptors (Lipinski definition) is 3. The number of carbonyl (C=O) groups excluding carboxylic acids is 1. The number of nitrogens with zero attached hydrogens (tertiary/aromatic N) is 3. The smallest absolute Gasteiger partial charge is 0.244 e. The molecular formula is C22H20N4O. The highest BCUT2D eigenvalue weighted by Crippen LogP contribution is 2.24. The first-order valence-electron chi connectivity index (χ1n) is 8.84. The second-order valence-corrected chi connectivity index (χ2v) is 6.67. The number of aryl methyl sites for hydroxylation is 2. The van der Waals surface area contributed by atoms with E-state index >= 15 is 0 Å². The summed E-state index contributed by atoms with van der Waals surface area (Å²) in [6, 6.07) is 17.7. The van der Waals surface area contributed by atoms with E-state index in [4.69, 9.17) is 4.98 Å². The van der Waals surface area contributed by atoms with E-state index in [9.17, 15) is 4.79 Å². The molecule has 1 N–H and O–H groups in total. The van der Waals surface area contributed by atoms with E-state index in [1.165, 1.54) is 0 Å². The van der Waals surface area contributed by atoms with Crippen LogP contribution in [-0.2, 0) is 11.3 Å². The average molecular weight is 356 g/mol. The van der Waals surface area contributed by atoms with Gasteiger partial charge < -0.3 is 9.88 Å². The fraction of sp³-hybridized carbons (Fsp3) is 0.136. The van der Waals surface area contributed by atoms with Gasteiger partial charge in [-0.05, 0) is 61.4 Å². The molecule has 0 aliphatic carbocycles. The zero-order valence-corrected chi connectivity index (χ0v) is 15.3. The van der Waals surface area contributed by atoms with Crippen LogP contribution in [0.3, 0.4) is 0 Å². The molecule has 0 saturated heterocycles. The molecule has 1 amide bonds. The van der Waals surface area contributed by atoms with Crippen molar-refractivity contribution in [1.29, 1.82) is 0 Å². The van der Waals surface area contributed by atoms with E-state index in [-0.39, 0.29) is 12.5 Å². The van der Waals surface area contributed by atoms with Crippen molar-refractivity contribution in [2.45, 2.75) is 20.4 Å². The van der Waals surface area contributed by atoms with Crippen molar-refractivity contribution in [3.8, 4) is 11.4 Å². The second-order valence-electron chi connectivity index (χ2n) is 6.67. The van der Waals surface area contributed by atoms with E-state index in [1.807, 2.05) is 66.9 Å². The maximum absolute atomic E-state index is 12.8. The third-order valence-electron chi connectivity index (χ3n) is 4.40. The monoisotopic (exact) mass is 356 g/mol. The minimum atomic E-state index is -0.0848. The number of rotatable bonds is 4. The number of imidazole rings is 1. The van der Waals surface area contributed by atoms with Crippen molar-refractivity contribution in [1.82, 2.24) is 14.5 Å². The number of amides is 1. The summed E-state index contributed by atoms with van der Waals surface area (Å²) >= 11 is 0. The zero-order chi connectivity index (χ0) is 18.8. The molecule has 0 aliphatic heterocycles. The van der Waals surface area contributed by atoms with Gasteiger partial charge in [-0.2, -0.15) is 0 Å². The van der Waals surface area contributed by atoms with E-state index in [0.29, 0.717) is 0 Å². The van der Waals surface area contributed by atoms with Gasteiger partial charge in [-0.25, -0.2) is 4.98 Å². The highest BCUT2D eigenvalue weighted by Gasteiger charge is 2.15. The number of para-hydroxylation sites is 2. The minimum Gasteiger partial charge on any atom is -0.325 e. The highest BCUT2D eigenvalue weighted by molar-refractivity contribution is 5.92. The molecule has 0 fully saturated rings. The van der Waals surface area contributed by atoms with Gasteiger partial charge in [-0.1, -0.05) is 18.2 Å². The van der Waals surface area contributed by atoms with Gasteiger partial charge in [0.2, 0.25) is 5.91 Å². The number of pyridine rings is 1. The van der Waals surface area contributed by atoms with Gasteiger partial charge in [0, 0.05) is 23.6 Å². The molecule has 4 rings (SSSR count). The molecule has 0 bridgehead atoms. The number of hydrogen-bond donors (Lipinski definition) is 1. The predicted octanol–water partition coefficient (Wildman–Crippen LogP) is 4.35. The van der Waals surface area contributed by atoms with Crippen LogP contribution < -0.4 is 5.32 Å². The summed E-state index contributed by atoms with van der Waals surface area (Å²) in [7, 11) is 0. The molecule has 134 valence electrons. The van der Waals surface area contributed by atoms with E-state index < -0.39 is 0 Å². The van der Waals surface area contributed by atoms with Crippen LogP contribution in [0.15, 0.2) is 67.0 Å². The number of anilines is 1. The van der Waals surface area contributed by atoms with Crippen LogP contribution >= 0.6 is 0 Å². The van der Waals surface area contributed by atoms with Crippen molar-refractivity contribution in [2.24, 2.45) is 0 Å². The fourth-order valence-corrected chi connectivity index (χ4v) is 3.35. The molecule has 4 aromatic rings. The van der Waals surface area contributed by atoms with Crippen LogP contribution in [0.5, 0.6) is 0 Å². The molecule has 0 radical (unpaired) electrons. The third kappa shape index (κ3) is 3.58. The summed E-state index contributed by atoms with van der Waals surface area (Å²) in [5.74, 6) is 0.674. The number of aromatic nitrogens is 3. The van der Waals surface area contributed by atoms with Crippen LogP contribution in [-0.4, -0.2) is 20.4 Å². The Bertz CT molecular complexity index is 1100. The quantitative estimate of drug-likeness (QED) is 0.591. The molecule has 0 aliphatic rings. The van der Waals surface area contributed by atoms with Gasteiger partial charge in [0.1, 0.15) is 12.4 Å². The van der Waals surface area contributed by atoms with Crippen molar-refractivity contribution in [3.63, 3.8) is 0 Å². The number of carbonyl (C=O) groups is 1. The standard InChI is InChI=1S/C22H20N4O/c1-15-11-16(2)13-18(12-15)24-21(27)14-26-20-6-4-3-5-19(20)25-22(26)17-7-9-23-10-8-17/h3-13H,14H2,1-2H3,(H,24,27). The Balaban J connectivity index is 1.69. The van der Waals surface area contributed by atoms with Crippen molar-refractivity contribution in [2.75, 3.05) is 5.32 Å². The van der Waals surface area contributed by atoms with Crippen LogP contribution in [0, 0.1) is 13.8 Å². The van der Waals surface area contributed by atoms with Gasteiger partial charge in [-0.15, -0.1) is 0 Å². The Labute approximate surface area is 157 Å². The topological polar surface area (TPSA) is 59.8 Å². The lowest BCUT2D eigenvalue weighted by atomic mass is 10.1. The van der Waals surface area contributed by atoms with Crippen LogP contribution in [0.1, 0.15) is 11.1 Å². The molecule has 0 spiro atoms. The Morgan fingerprint density at radius 2 is 1.70 bits per heavy atom. The Kier molecular flexibility index (Phi) is 4.42. The van der Waals surface area contributed by atoms with Crippen LogP contribution in [0.25, 0.3) is 22.4 Å². The maximum atomic E-state index is 12.8. The number of benzene rings is 2. The van der Waals surface area contributed by atoms with Crippen molar-refractivity contribution < 1.29 is 4.79 Å². The first kappa shape index (κ1) is 17.0. The molecule has 0 unspecified atom stereocenters. The number of fused-ring (bicyclic) bond motifs is 1. The first-order chi connectivity index (χ1) is 13.1. The lowest BCUT2D eigenvalue weighted by Gasteiger charge is -2.11. The van der Waals surface area contributed by atoms with E-state index in [2.05, 4.69) is 16.4 Å². The summed E-state index contributed by atoms with van der Waals surface area (Å²) in [6.07, 6.45) is 3.46. The van der Waals surface area contributed by atoms with Gasteiger partial charge in [-0.3, -0.25) is 9.78 Å². The van der Waals surface area contributed by atoms with Gasteiger partial charge in [0.05, 0.1) is 11.0 Å². The summed E-state index contributed by atoms with van der Waals surface area (Å²) in [4.78, 5) is 21.6. The second kappa shape index (κ2) is 7.03. The molecule has 27 heavy (non-hydrogen) atoms. The average Bonchev–Trinajstić information content (AvgIpc) is 3.00. The predicted molar refractivity (Wildman–Crippen MR) is 108 cm³/mol. The van der Waals surface area contributed by atoms with Crippen molar-refractivity contribution in [3.05, 3.63) is 78.1 Å². The van der Waals surface area contributed by atoms with Crippen LogP contribution in [0.4, 0.5) is 5.69 Å². The summed E-state index contributed by atoms with van der Waals surface area (Å²) < 4.78 is 1.95. The summed E-state index contributed by atoms with van der Waals surface area (Å²) in [5, 5.41) is 3.01. The molecule has 2 aromatic heterocycles. The zero-order valence-electron chi connectivity index (χ0n) is 15.3. The Morgan fingerprint density at radius 3 is 2.44 bits per heavy atom. The van der Waals surface area contributed by atoms with Gasteiger partial charge >= 0.3 is 0 Å². The Morgan fingerprint density at radius 1 is 1.00 bits per heavy atom. The number of nitrogens with one attached hydrogen (secondary N) is 1. The van der Waals surface area contributed by atoms with E-state index in [1.54, 1.807) is 12.4 Å². The minimum absolute atomic E-state index is 0.0848. The lowest BCUT2D eigenvalue weighted by Crippen LogP contribution is -2.19. The molecule has 0 atom stereocenters. The van der Waals surface area contributed by atoms with Gasteiger partial charge in [0.25, 0.3) is 0 Å². The molecule has 5 heteroatoms. The summed E-state index contributed by atoms with van der Waals surface area (Å²) in [6.45, 7) is 4.23. The summed E-state index contributed by atoms with van der Waals surface area (Å²) in [5.41, 5.74) is 5.78. The first-order valence-corrected chi connectivity index (χ1v) is 8.84. The fourth-order valence-electron chi connectivity index (χ4n) is 3.35. The molecule has 2 aromatic carbocycles. The SMILES string of the molecule is Cc1cc(C)cc(NC(=O)Cn2c(-c3ccncc3)nc3ccccc32)c1. The van der Waals surface area contributed by atoms with Gasteiger partial charge in [0.15, 0.2) is 0 Å². The highest BCUT2D eigenvalue weighted by atomic mass is 16.1. The van der Waals surface area contributed by atoms with Crippen LogP contribution in [0.2, 0.25) is 0 Å². The molecular weight excluding hydrogens is 336 g/mol. The van der Waals surface area contributed by atoms with E-state index in [0.717, 1.165) is 39.2 Å². The molecule has 5 nitrogen and oxygen atoms in total. The van der Waals surface area contributed by atoms with Crippen molar-refractivity contribution >= 4 is 22.6 Å². The molecule has 0 saturated carbocycles. The maximum Gasteiger partial charge on any atom is 0.244 e. The Hall–Kier alpha value is -3.47. The normalized spacial score (nSPS) is 10.9. The molecule has 2 heterocycles. The lowest BCUT2D eigenvalue weighted by molar-refractivity contribution is -0.116.